The van der Waals surface area contributed by atoms with Gasteiger partial charge in [-0.2, -0.15) is 0 Å². The van der Waals surface area contributed by atoms with Crippen LogP contribution in [0.3, 0.4) is 0 Å². The van der Waals surface area contributed by atoms with E-state index in [9.17, 15) is 17.6 Å². The van der Waals surface area contributed by atoms with Crippen LogP contribution in [-0.2, 0) is 16.6 Å². The van der Waals surface area contributed by atoms with Crippen molar-refractivity contribution in [2.45, 2.75) is 13.5 Å². The summed E-state index contributed by atoms with van der Waals surface area (Å²) in [6, 6.07) is 14.7. The maximum Gasteiger partial charge on any atom is 0.255 e. The first-order chi connectivity index (χ1) is 15.6. The zero-order valence-corrected chi connectivity index (χ0v) is 20.1. The Hall–Kier alpha value is -2.81. The highest BCUT2D eigenvalue weighted by Crippen LogP contribution is 2.31. The van der Waals surface area contributed by atoms with Crippen LogP contribution in [-0.4, -0.2) is 27.2 Å². The summed E-state index contributed by atoms with van der Waals surface area (Å²) < 4.78 is 45.1. The molecule has 10 heteroatoms. The summed E-state index contributed by atoms with van der Waals surface area (Å²) >= 11 is 12.2. The lowest BCUT2D eigenvalue weighted by atomic mass is 10.1. The highest BCUT2D eigenvalue weighted by molar-refractivity contribution is 7.92. The summed E-state index contributed by atoms with van der Waals surface area (Å²) in [5, 5.41) is 3.20. The van der Waals surface area contributed by atoms with Crippen molar-refractivity contribution in [3.05, 3.63) is 87.7 Å². The number of ether oxygens (including phenoxy) is 1. The van der Waals surface area contributed by atoms with Crippen molar-refractivity contribution in [2.75, 3.05) is 22.5 Å². The van der Waals surface area contributed by atoms with Crippen molar-refractivity contribution in [3.8, 4) is 5.75 Å². The second-order valence-corrected chi connectivity index (χ2v) is 9.75. The first kappa shape index (κ1) is 24.8. The van der Waals surface area contributed by atoms with E-state index in [2.05, 4.69) is 5.32 Å². The molecule has 33 heavy (non-hydrogen) atoms. The molecule has 3 aromatic carbocycles. The molecule has 0 atom stereocenters. The Labute approximate surface area is 201 Å². The molecule has 0 aliphatic heterocycles. The number of hydrogen-bond donors (Lipinski definition) is 1. The fraction of sp³-hybridized carbons (Fsp3) is 0.174. The quantitative estimate of drug-likeness (QED) is 0.418. The molecule has 0 radical (unpaired) electrons. The predicted octanol–water partition coefficient (Wildman–Crippen LogP) is 5.75. The fourth-order valence-corrected chi connectivity index (χ4v) is 4.32. The molecule has 0 heterocycles. The Morgan fingerprint density at radius 2 is 1.79 bits per heavy atom. The van der Waals surface area contributed by atoms with Crippen LogP contribution in [0.15, 0.2) is 60.7 Å². The number of hydrogen-bond acceptors (Lipinski definition) is 4. The van der Waals surface area contributed by atoms with Gasteiger partial charge in [-0.1, -0.05) is 29.3 Å². The average molecular weight is 511 g/mol. The summed E-state index contributed by atoms with van der Waals surface area (Å²) in [4.78, 5) is 12.9. The standard InChI is InChI=1S/C23H21Cl2FN2O4S/c1-3-32-21-12-7-15(23(29)27-20-6-4-5-19(24)22(20)25)13-16(21)14-28(33(2,30)31)18-10-8-17(26)9-11-18/h4-13H,3,14H2,1-2H3,(H,27,29). The van der Waals surface area contributed by atoms with E-state index in [-0.39, 0.29) is 22.8 Å². The minimum absolute atomic E-state index is 0.126. The molecule has 0 spiro atoms. The van der Waals surface area contributed by atoms with Gasteiger partial charge >= 0.3 is 0 Å². The predicted molar refractivity (Wildman–Crippen MR) is 129 cm³/mol. The third-order valence-electron chi connectivity index (χ3n) is 4.65. The molecule has 3 aromatic rings. The zero-order chi connectivity index (χ0) is 24.2. The van der Waals surface area contributed by atoms with Crippen molar-refractivity contribution in [3.63, 3.8) is 0 Å². The van der Waals surface area contributed by atoms with Crippen molar-refractivity contribution in [2.24, 2.45) is 0 Å². The molecular weight excluding hydrogens is 490 g/mol. The van der Waals surface area contributed by atoms with E-state index >= 15 is 0 Å². The number of nitrogens with one attached hydrogen (secondary N) is 1. The number of carbonyl (C=O) groups is 1. The van der Waals surface area contributed by atoms with Gasteiger partial charge in [0.1, 0.15) is 11.6 Å². The Balaban J connectivity index is 1.97. The summed E-state index contributed by atoms with van der Waals surface area (Å²) in [6.45, 7) is 2.00. The Bertz CT molecular complexity index is 1270. The van der Waals surface area contributed by atoms with Crippen molar-refractivity contribution >= 4 is 50.5 Å². The lowest BCUT2D eigenvalue weighted by Crippen LogP contribution is -2.29. The molecular formula is C23H21Cl2FN2O4S. The molecule has 0 bridgehead atoms. The Morgan fingerprint density at radius 1 is 1.09 bits per heavy atom. The van der Waals surface area contributed by atoms with E-state index in [0.717, 1.165) is 10.6 Å². The van der Waals surface area contributed by atoms with Crippen molar-refractivity contribution < 1.29 is 22.3 Å². The molecule has 0 aromatic heterocycles. The van der Waals surface area contributed by atoms with E-state index in [1.165, 1.54) is 24.3 Å². The highest BCUT2D eigenvalue weighted by Gasteiger charge is 2.21. The van der Waals surface area contributed by atoms with Gasteiger partial charge in [0, 0.05) is 11.1 Å². The topological polar surface area (TPSA) is 75.7 Å². The minimum Gasteiger partial charge on any atom is -0.494 e. The highest BCUT2D eigenvalue weighted by atomic mass is 35.5. The molecule has 0 saturated heterocycles. The number of carbonyl (C=O) groups excluding carboxylic acids is 1. The average Bonchev–Trinajstić information content (AvgIpc) is 2.76. The summed E-state index contributed by atoms with van der Waals surface area (Å²) in [7, 11) is -3.73. The van der Waals surface area contributed by atoms with Crippen molar-refractivity contribution in [1.82, 2.24) is 0 Å². The van der Waals surface area contributed by atoms with Crippen LogP contribution in [0, 0.1) is 5.82 Å². The van der Waals surface area contributed by atoms with E-state index in [1.807, 2.05) is 0 Å². The molecule has 0 aliphatic carbocycles. The summed E-state index contributed by atoms with van der Waals surface area (Å²) in [5.41, 5.74) is 1.34. The lowest BCUT2D eigenvalue weighted by molar-refractivity contribution is 0.102. The third kappa shape index (κ3) is 6.16. The normalized spacial score (nSPS) is 11.2. The number of nitrogens with zero attached hydrogens (tertiary/aromatic N) is 1. The summed E-state index contributed by atoms with van der Waals surface area (Å²) in [6.07, 6.45) is 1.05. The molecule has 0 saturated carbocycles. The van der Waals surface area contributed by atoms with Gasteiger partial charge in [0.2, 0.25) is 10.0 Å². The van der Waals surface area contributed by atoms with Crippen LogP contribution in [0.25, 0.3) is 0 Å². The molecule has 174 valence electrons. The minimum atomic E-state index is -3.73. The summed E-state index contributed by atoms with van der Waals surface area (Å²) in [5.74, 6) is -0.526. The molecule has 6 nitrogen and oxygen atoms in total. The second-order valence-electron chi connectivity index (χ2n) is 7.06. The number of sulfonamides is 1. The SMILES string of the molecule is CCOc1ccc(C(=O)Nc2cccc(Cl)c2Cl)cc1CN(c1ccc(F)cc1)S(C)(=O)=O. The van der Waals surface area contributed by atoms with Gasteiger partial charge in [-0.05, 0) is 61.5 Å². The zero-order valence-electron chi connectivity index (χ0n) is 17.8. The van der Waals surface area contributed by atoms with E-state index in [0.29, 0.717) is 28.6 Å². The number of halogens is 3. The van der Waals surface area contributed by atoms with E-state index in [4.69, 9.17) is 27.9 Å². The monoisotopic (exact) mass is 510 g/mol. The molecule has 0 unspecified atom stereocenters. The van der Waals surface area contributed by atoms with Crippen LogP contribution < -0.4 is 14.4 Å². The Morgan fingerprint density at radius 3 is 2.42 bits per heavy atom. The molecule has 3 rings (SSSR count). The van der Waals surface area contributed by atoms with Gasteiger partial charge in [0.25, 0.3) is 5.91 Å². The number of anilines is 2. The lowest BCUT2D eigenvalue weighted by Gasteiger charge is -2.24. The van der Waals surface area contributed by atoms with Crippen LogP contribution in [0.1, 0.15) is 22.8 Å². The molecule has 0 aliphatic rings. The molecule has 1 amide bonds. The van der Waals surface area contributed by atoms with Gasteiger partial charge in [-0.15, -0.1) is 0 Å². The van der Waals surface area contributed by atoms with Gasteiger partial charge in [-0.25, -0.2) is 12.8 Å². The van der Waals surface area contributed by atoms with Gasteiger partial charge < -0.3 is 10.1 Å². The van der Waals surface area contributed by atoms with Crippen LogP contribution >= 0.6 is 23.2 Å². The first-order valence-corrected chi connectivity index (χ1v) is 12.4. The first-order valence-electron chi connectivity index (χ1n) is 9.84. The van der Waals surface area contributed by atoms with Gasteiger partial charge in [-0.3, -0.25) is 9.10 Å². The second kappa shape index (κ2) is 10.4. The van der Waals surface area contributed by atoms with E-state index < -0.39 is 21.7 Å². The molecule has 1 N–H and O–H groups in total. The maximum atomic E-state index is 13.4. The Kier molecular flexibility index (Phi) is 7.84. The third-order valence-corrected chi connectivity index (χ3v) is 6.61. The van der Waals surface area contributed by atoms with Gasteiger partial charge in [0.05, 0.1) is 40.8 Å². The van der Waals surface area contributed by atoms with Crippen LogP contribution in [0.2, 0.25) is 10.0 Å². The van der Waals surface area contributed by atoms with Crippen LogP contribution in [0.4, 0.5) is 15.8 Å². The number of amides is 1. The number of rotatable bonds is 8. The van der Waals surface area contributed by atoms with E-state index in [1.54, 1.807) is 43.3 Å². The number of benzene rings is 3. The largest absolute Gasteiger partial charge is 0.494 e. The van der Waals surface area contributed by atoms with Gasteiger partial charge in [0.15, 0.2) is 0 Å². The maximum absolute atomic E-state index is 13.4. The van der Waals surface area contributed by atoms with Crippen LogP contribution in [0.5, 0.6) is 5.75 Å². The fourth-order valence-electron chi connectivity index (χ4n) is 3.10. The smallest absolute Gasteiger partial charge is 0.255 e. The molecule has 0 fully saturated rings. The van der Waals surface area contributed by atoms with Crippen molar-refractivity contribution in [1.29, 1.82) is 0 Å².